The second kappa shape index (κ2) is 7.38. The van der Waals surface area contributed by atoms with Crippen molar-refractivity contribution in [2.24, 2.45) is 5.10 Å². The molecule has 0 spiro atoms. The summed E-state index contributed by atoms with van der Waals surface area (Å²) in [6.07, 6.45) is 7.01. The number of carboxylic acids is 1. The third kappa shape index (κ3) is 3.15. The topological polar surface area (TPSA) is 97.7 Å². The minimum absolute atomic E-state index is 0.156. The van der Waals surface area contributed by atoms with Crippen LogP contribution in [0.15, 0.2) is 57.0 Å². The van der Waals surface area contributed by atoms with Crippen molar-refractivity contribution in [2.75, 3.05) is 0 Å². The van der Waals surface area contributed by atoms with Crippen molar-refractivity contribution in [3.05, 3.63) is 74.8 Å². The molecule has 30 heavy (non-hydrogen) atoms. The number of hydrogen-bond acceptors (Lipinski definition) is 6. The Kier molecular flexibility index (Phi) is 4.55. The number of hydrogen-bond donors (Lipinski definition) is 1. The van der Waals surface area contributed by atoms with E-state index in [9.17, 15) is 14.7 Å². The Hall–Kier alpha value is -3.52. The number of carbonyl (C=O) groups is 1. The first-order chi connectivity index (χ1) is 14.6. The Balaban J connectivity index is 1.48. The number of aromatic carboxylic acids is 1. The molecule has 0 amide bonds. The molecule has 1 N–H and O–H groups in total. The van der Waals surface area contributed by atoms with Crippen LogP contribution in [0.2, 0.25) is 0 Å². The lowest BCUT2D eigenvalue weighted by Crippen LogP contribution is -2.17. The maximum Gasteiger partial charge on any atom is 0.336 e. The van der Waals surface area contributed by atoms with Crippen LogP contribution < -0.4 is 5.56 Å². The zero-order valence-corrected chi connectivity index (χ0v) is 16.7. The number of carboxylic acid groups (broad SMARTS) is 1. The van der Waals surface area contributed by atoms with Gasteiger partial charge in [0.2, 0.25) is 0 Å². The van der Waals surface area contributed by atoms with Crippen LogP contribution in [-0.4, -0.2) is 27.0 Å². The molecule has 3 aromatic heterocycles. The van der Waals surface area contributed by atoms with E-state index in [2.05, 4.69) is 10.1 Å². The van der Waals surface area contributed by atoms with Crippen molar-refractivity contribution < 1.29 is 14.3 Å². The molecular weight excluding hydrogens is 402 g/mol. The van der Waals surface area contributed by atoms with Crippen molar-refractivity contribution >= 4 is 33.7 Å². The largest absolute Gasteiger partial charge is 0.478 e. The number of nitrogens with zero attached hydrogens (tertiary/aromatic N) is 3. The molecule has 3 heterocycles. The summed E-state index contributed by atoms with van der Waals surface area (Å²) in [5.74, 6) is -0.200. The van der Waals surface area contributed by atoms with Gasteiger partial charge in [-0.15, -0.1) is 11.3 Å². The summed E-state index contributed by atoms with van der Waals surface area (Å²) >= 11 is 1.60. The molecule has 1 aliphatic carbocycles. The Labute approximate surface area is 174 Å². The van der Waals surface area contributed by atoms with Crippen molar-refractivity contribution in [3.8, 4) is 11.3 Å². The standard InChI is InChI=1S/C22H17N3O4S/c26-21-19-16-7-3-4-8-18(16)30-20(19)23-12-25(21)24-11-13-9-10-17(29-13)14-5-1-2-6-15(14)22(27)28/h1-2,5-6,9-12H,3-4,7-8H2,(H,27,28)/b24-11-. The SMILES string of the molecule is O=C(O)c1ccccc1-c1ccc(/C=N\n2cnc3sc4c(c3c2=O)CCCC4)o1. The molecule has 0 saturated carbocycles. The molecule has 0 unspecified atom stereocenters. The maximum atomic E-state index is 12.9. The first-order valence-corrected chi connectivity index (χ1v) is 10.4. The van der Waals surface area contributed by atoms with Gasteiger partial charge < -0.3 is 9.52 Å². The number of fused-ring (bicyclic) bond motifs is 3. The van der Waals surface area contributed by atoms with Gasteiger partial charge in [0.15, 0.2) is 0 Å². The number of benzene rings is 1. The number of rotatable bonds is 4. The number of aryl methyl sites for hydroxylation is 2. The van der Waals surface area contributed by atoms with Crippen LogP contribution in [0.1, 0.15) is 39.4 Å². The summed E-state index contributed by atoms with van der Waals surface area (Å²) in [6, 6.07) is 9.99. The van der Waals surface area contributed by atoms with Crippen LogP contribution in [-0.2, 0) is 12.8 Å². The molecule has 4 aromatic rings. The zero-order chi connectivity index (χ0) is 20.7. The monoisotopic (exact) mass is 419 g/mol. The molecular formula is C22H17N3O4S. The van der Waals surface area contributed by atoms with E-state index in [-0.39, 0.29) is 11.1 Å². The summed E-state index contributed by atoms with van der Waals surface area (Å²) in [5.41, 5.74) is 1.57. The second-order valence-corrected chi connectivity index (χ2v) is 8.17. The minimum Gasteiger partial charge on any atom is -0.478 e. The summed E-state index contributed by atoms with van der Waals surface area (Å²) in [4.78, 5) is 30.8. The summed E-state index contributed by atoms with van der Waals surface area (Å²) < 4.78 is 6.96. The van der Waals surface area contributed by atoms with Gasteiger partial charge in [0.1, 0.15) is 22.7 Å². The molecule has 1 aliphatic rings. The van der Waals surface area contributed by atoms with E-state index in [0.29, 0.717) is 22.5 Å². The molecule has 7 nitrogen and oxygen atoms in total. The molecule has 0 fully saturated rings. The molecule has 0 saturated heterocycles. The highest BCUT2D eigenvalue weighted by atomic mass is 32.1. The van der Waals surface area contributed by atoms with Crippen molar-refractivity contribution in [3.63, 3.8) is 0 Å². The average Bonchev–Trinajstić information content (AvgIpc) is 3.38. The van der Waals surface area contributed by atoms with Gasteiger partial charge in [0, 0.05) is 10.4 Å². The predicted octanol–water partition coefficient (Wildman–Crippen LogP) is 4.18. The van der Waals surface area contributed by atoms with Crippen LogP contribution >= 0.6 is 11.3 Å². The van der Waals surface area contributed by atoms with E-state index >= 15 is 0 Å². The first kappa shape index (κ1) is 18.5. The highest BCUT2D eigenvalue weighted by molar-refractivity contribution is 7.18. The molecule has 0 bridgehead atoms. The fourth-order valence-corrected chi connectivity index (χ4v) is 5.01. The molecule has 8 heteroatoms. The Morgan fingerprint density at radius 1 is 1.20 bits per heavy atom. The highest BCUT2D eigenvalue weighted by Gasteiger charge is 2.20. The second-order valence-electron chi connectivity index (χ2n) is 7.08. The van der Waals surface area contributed by atoms with Gasteiger partial charge in [-0.2, -0.15) is 9.78 Å². The quantitative estimate of drug-likeness (QED) is 0.501. The third-order valence-corrected chi connectivity index (χ3v) is 6.42. The lowest BCUT2D eigenvalue weighted by molar-refractivity contribution is 0.0697. The molecule has 1 aromatic carbocycles. The van der Waals surface area contributed by atoms with Crippen LogP contribution in [0.25, 0.3) is 21.5 Å². The van der Waals surface area contributed by atoms with Crippen LogP contribution in [0.4, 0.5) is 0 Å². The molecule has 0 radical (unpaired) electrons. The lowest BCUT2D eigenvalue weighted by Gasteiger charge is -2.09. The van der Waals surface area contributed by atoms with Gasteiger partial charge in [0.05, 0.1) is 17.2 Å². The van der Waals surface area contributed by atoms with Gasteiger partial charge in [-0.25, -0.2) is 9.78 Å². The van der Waals surface area contributed by atoms with Crippen LogP contribution in [0.5, 0.6) is 0 Å². The van der Waals surface area contributed by atoms with E-state index < -0.39 is 5.97 Å². The Morgan fingerprint density at radius 2 is 2.03 bits per heavy atom. The summed E-state index contributed by atoms with van der Waals surface area (Å²) in [5, 5.41) is 14.3. The zero-order valence-electron chi connectivity index (χ0n) is 15.9. The molecule has 5 rings (SSSR count). The van der Waals surface area contributed by atoms with Gasteiger partial charge in [-0.05, 0) is 49.4 Å². The van der Waals surface area contributed by atoms with Gasteiger partial charge in [0.25, 0.3) is 5.56 Å². The first-order valence-electron chi connectivity index (χ1n) is 9.60. The minimum atomic E-state index is -1.03. The fourth-order valence-electron chi connectivity index (χ4n) is 3.79. The summed E-state index contributed by atoms with van der Waals surface area (Å²) in [7, 11) is 0. The lowest BCUT2D eigenvalue weighted by atomic mass is 9.97. The van der Waals surface area contributed by atoms with E-state index in [1.165, 1.54) is 28.2 Å². The molecule has 150 valence electrons. The number of furan rings is 1. The smallest absolute Gasteiger partial charge is 0.336 e. The predicted molar refractivity (Wildman–Crippen MR) is 115 cm³/mol. The average molecular weight is 419 g/mol. The maximum absolute atomic E-state index is 12.9. The number of thiophene rings is 1. The summed E-state index contributed by atoms with van der Waals surface area (Å²) in [6.45, 7) is 0. The Morgan fingerprint density at radius 3 is 2.90 bits per heavy atom. The van der Waals surface area contributed by atoms with Gasteiger partial charge >= 0.3 is 5.97 Å². The van der Waals surface area contributed by atoms with Crippen molar-refractivity contribution in [2.45, 2.75) is 25.7 Å². The van der Waals surface area contributed by atoms with E-state index in [0.717, 1.165) is 36.1 Å². The fraction of sp³-hybridized carbons (Fsp3) is 0.182. The number of aromatic nitrogens is 2. The Bertz CT molecular complexity index is 1360. The van der Waals surface area contributed by atoms with Crippen molar-refractivity contribution in [1.29, 1.82) is 0 Å². The normalized spacial score (nSPS) is 13.7. The third-order valence-electron chi connectivity index (χ3n) is 5.22. The molecule has 0 atom stereocenters. The van der Waals surface area contributed by atoms with Crippen LogP contribution in [0, 0.1) is 0 Å². The van der Waals surface area contributed by atoms with Crippen LogP contribution in [0.3, 0.4) is 0 Å². The van der Waals surface area contributed by atoms with E-state index in [1.54, 1.807) is 41.7 Å². The van der Waals surface area contributed by atoms with Gasteiger partial charge in [-0.1, -0.05) is 18.2 Å². The van der Waals surface area contributed by atoms with Crippen molar-refractivity contribution in [1.82, 2.24) is 9.66 Å². The van der Waals surface area contributed by atoms with Gasteiger partial charge in [-0.3, -0.25) is 4.79 Å². The highest BCUT2D eigenvalue weighted by Crippen LogP contribution is 2.33. The van der Waals surface area contributed by atoms with E-state index in [4.69, 9.17) is 4.42 Å². The van der Waals surface area contributed by atoms with E-state index in [1.807, 2.05) is 0 Å². The molecule has 0 aliphatic heterocycles.